The Balaban J connectivity index is 1.58. The molecule has 1 aliphatic rings. The molecule has 0 bridgehead atoms. The molecule has 1 saturated heterocycles. The molecule has 0 amide bonds. The molecule has 0 spiro atoms. The molecule has 1 aromatic carbocycles. The highest BCUT2D eigenvalue weighted by atomic mass is 16.5. The topological polar surface area (TPSA) is 50.3 Å². The molecule has 1 N–H and O–H groups in total. The maximum absolute atomic E-state index is 5.40. The molecule has 0 radical (unpaired) electrons. The Bertz CT molecular complexity index is 639. The van der Waals surface area contributed by atoms with Gasteiger partial charge in [0.25, 0.3) is 0 Å². The summed E-state index contributed by atoms with van der Waals surface area (Å²) in [5, 5.41) is 3.41. The smallest absolute Gasteiger partial charge is 0.134 e. The van der Waals surface area contributed by atoms with Crippen LogP contribution in [0.25, 0.3) is 0 Å². The van der Waals surface area contributed by atoms with Crippen LogP contribution in [0.5, 0.6) is 5.75 Å². The summed E-state index contributed by atoms with van der Waals surface area (Å²) in [6, 6.07) is 10.2. The van der Waals surface area contributed by atoms with Crippen LogP contribution in [0.4, 0.5) is 11.6 Å². The average Bonchev–Trinajstić information content (AvgIpc) is 2.92. The molecule has 1 aliphatic heterocycles. The lowest BCUT2D eigenvalue weighted by Gasteiger charge is -2.21. The zero-order valence-corrected chi connectivity index (χ0v) is 14.4. The van der Waals surface area contributed by atoms with Crippen LogP contribution in [-0.4, -0.2) is 36.7 Å². The summed E-state index contributed by atoms with van der Waals surface area (Å²) in [7, 11) is 1.71. The van der Waals surface area contributed by atoms with E-state index in [1.165, 1.54) is 31.2 Å². The summed E-state index contributed by atoms with van der Waals surface area (Å²) in [4.78, 5) is 11.2. The largest absolute Gasteiger partial charge is 0.496 e. The van der Waals surface area contributed by atoms with E-state index in [2.05, 4.69) is 32.3 Å². The Morgan fingerprint density at radius 1 is 1.08 bits per heavy atom. The third-order valence-corrected chi connectivity index (χ3v) is 4.48. The predicted molar refractivity (Wildman–Crippen MR) is 97.9 cm³/mol. The highest BCUT2D eigenvalue weighted by Crippen LogP contribution is 2.20. The third kappa shape index (κ3) is 4.37. The number of rotatable bonds is 6. The Labute approximate surface area is 144 Å². The van der Waals surface area contributed by atoms with E-state index in [0.29, 0.717) is 0 Å². The van der Waals surface area contributed by atoms with Crippen molar-refractivity contribution in [1.82, 2.24) is 9.97 Å². The van der Waals surface area contributed by atoms with E-state index >= 15 is 0 Å². The van der Waals surface area contributed by atoms with Crippen LogP contribution in [0.15, 0.2) is 36.7 Å². The predicted octanol–water partition coefficient (Wildman–Crippen LogP) is 3.52. The van der Waals surface area contributed by atoms with Gasteiger partial charge in [-0.25, -0.2) is 9.97 Å². The molecule has 1 fully saturated rings. The summed E-state index contributed by atoms with van der Waals surface area (Å²) in [5.74, 6) is 2.86. The normalized spacial score (nSPS) is 15.0. The quantitative estimate of drug-likeness (QED) is 0.880. The molecule has 0 saturated carbocycles. The van der Waals surface area contributed by atoms with Gasteiger partial charge in [-0.2, -0.15) is 0 Å². The molecule has 128 valence electrons. The number of ether oxygens (including phenoxy) is 1. The van der Waals surface area contributed by atoms with Crippen LogP contribution in [0.1, 0.15) is 31.2 Å². The second kappa shape index (κ2) is 8.52. The molecule has 5 heteroatoms. The first-order valence-electron chi connectivity index (χ1n) is 8.79. The van der Waals surface area contributed by atoms with Crippen molar-refractivity contribution in [2.45, 2.75) is 32.1 Å². The van der Waals surface area contributed by atoms with Gasteiger partial charge in [0.05, 0.1) is 7.11 Å². The fraction of sp³-hybridized carbons (Fsp3) is 0.474. The average molecular weight is 326 g/mol. The summed E-state index contributed by atoms with van der Waals surface area (Å²) >= 11 is 0. The van der Waals surface area contributed by atoms with Crippen LogP contribution in [0.3, 0.4) is 0 Å². The lowest BCUT2D eigenvalue weighted by molar-refractivity contribution is 0.410. The summed E-state index contributed by atoms with van der Waals surface area (Å²) < 4.78 is 5.40. The van der Waals surface area contributed by atoms with Crippen molar-refractivity contribution in [3.63, 3.8) is 0 Å². The number of nitrogens with one attached hydrogen (secondary N) is 1. The van der Waals surface area contributed by atoms with Crippen molar-refractivity contribution in [2.75, 3.05) is 37.0 Å². The van der Waals surface area contributed by atoms with Gasteiger partial charge in [-0.1, -0.05) is 31.0 Å². The van der Waals surface area contributed by atoms with Crippen molar-refractivity contribution >= 4 is 11.6 Å². The van der Waals surface area contributed by atoms with Gasteiger partial charge in [0.15, 0.2) is 0 Å². The number of aromatic nitrogens is 2. The van der Waals surface area contributed by atoms with Gasteiger partial charge in [0.2, 0.25) is 0 Å². The van der Waals surface area contributed by atoms with Gasteiger partial charge in [-0.3, -0.25) is 0 Å². The van der Waals surface area contributed by atoms with Gasteiger partial charge in [0.1, 0.15) is 23.7 Å². The highest BCUT2D eigenvalue weighted by molar-refractivity contribution is 5.48. The maximum atomic E-state index is 5.40. The SMILES string of the molecule is COc1ccccc1CCNc1cc(N2CCCCCC2)ncn1. The van der Waals surface area contributed by atoms with Crippen molar-refractivity contribution in [1.29, 1.82) is 0 Å². The minimum absolute atomic E-state index is 0.816. The van der Waals surface area contributed by atoms with E-state index < -0.39 is 0 Å². The van der Waals surface area contributed by atoms with E-state index in [-0.39, 0.29) is 0 Å². The van der Waals surface area contributed by atoms with Crippen LogP contribution in [-0.2, 0) is 6.42 Å². The van der Waals surface area contributed by atoms with Crippen molar-refractivity contribution in [2.24, 2.45) is 0 Å². The summed E-state index contributed by atoms with van der Waals surface area (Å²) in [6.45, 7) is 3.01. The van der Waals surface area contributed by atoms with Crippen LogP contribution in [0, 0.1) is 0 Å². The first-order chi connectivity index (χ1) is 11.9. The Kier molecular flexibility index (Phi) is 5.88. The third-order valence-electron chi connectivity index (χ3n) is 4.48. The maximum Gasteiger partial charge on any atom is 0.134 e. The Hall–Kier alpha value is -2.30. The molecule has 5 nitrogen and oxygen atoms in total. The molecule has 3 rings (SSSR count). The molecule has 0 atom stereocenters. The molecular formula is C19H26N4O. The van der Waals surface area contributed by atoms with Gasteiger partial charge in [0, 0.05) is 25.7 Å². The van der Waals surface area contributed by atoms with Crippen LogP contribution in [0.2, 0.25) is 0 Å². The minimum Gasteiger partial charge on any atom is -0.496 e. The van der Waals surface area contributed by atoms with Gasteiger partial charge in [-0.05, 0) is 30.9 Å². The molecule has 0 unspecified atom stereocenters. The summed E-state index contributed by atoms with van der Waals surface area (Å²) in [5.41, 5.74) is 1.20. The lowest BCUT2D eigenvalue weighted by Crippen LogP contribution is -2.25. The highest BCUT2D eigenvalue weighted by Gasteiger charge is 2.11. The van der Waals surface area contributed by atoms with E-state index in [1.807, 2.05) is 18.2 Å². The van der Waals surface area contributed by atoms with Crippen LogP contribution < -0.4 is 15.0 Å². The molecule has 24 heavy (non-hydrogen) atoms. The number of para-hydroxylation sites is 1. The molecule has 0 aliphatic carbocycles. The first kappa shape index (κ1) is 16.6. The number of benzene rings is 1. The zero-order valence-electron chi connectivity index (χ0n) is 14.4. The zero-order chi connectivity index (χ0) is 16.6. The molecule has 2 heterocycles. The fourth-order valence-electron chi connectivity index (χ4n) is 3.15. The van der Waals surface area contributed by atoms with Crippen molar-refractivity contribution in [3.8, 4) is 5.75 Å². The number of hydrogen-bond acceptors (Lipinski definition) is 5. The second-order valence-corrected chi connectivity index (χ2v) is 6.15. The number of hydrogen-bond donors (Lipinski definition) is 1. The molecule has 1 aromatic heterocycles. The van der Waals surface area contributed by atoms with E-state index in [0.717, 1.165) is 43.4 Å². The van der Waals surface area contributed by atoms with E-state index in [9.17, 15) is 0 Å². The number of nitrogens with zero attached hydrogens (tertiary/aromatic N) is 3. The van der Waals surface area contributed by atoms with E-state index in [4.69, 9.17) is 4.74 Å². The summed E-state index contributed by atoms with van der Waals surface area (Å²) in [6.07, 6.45) is 7.71. The molecule has 2 aromatic rings. The second-order valence-electron chi connectivity index (χ2n) is 6.15. The Morgan fingerprint density at radius 2 is 1.88 bits per heavy atom. The first-order valence-corrected chi connectivity index (χ1v) is 8.79. The monoisotopic (exact) mass is 326 g/mol. The number of methoxy groups -OCH3 is 1. The van der Waals surface area contributed by atoms with Crippen LogP contribution >= 0.6 is 0 Å². The molecular weight excluding hydrogens is 300 g/mol. The van der Waals surface area contributed by atoms with Crippen molar-refractivity contribution < 1.29 is 4.74 Å². The fourth-order valence-corrected chi connectivity index (χ4v) is 3.15. The van der Waals surface area contributed by atoms with Gasteiger partial charge in [-0.15, -0.1) is 0 Å². The van der Waals surface area contributed by atoms with Crippen molar-refractivity contribution in [3.05, 3.63) is 42.2 Å². The minimum atomic E-state index is 0.816. The Morgan fingerprint density at radius 3 is 2.67 bits per heavy atom. The van der Waals surface area contributed by atoms with Gasteiger partial charge >= 0.3 is 0 Å². The van der Waals surface area contributed by atoms with Gasteiger partial charge < -0.3 is 15.0 Å². The van der Waals surface area contributed by atoms with E-state index in [1.54, 1.807) is 13.4 Å². The standard InChI is InChI=1S/C19H26N4O/c1-24-17-9-5-4-8-16(17)10-11-20-18-14-19(22-15-21-18)23-12-6-2-3-7-13-23/h4-5,8-9,14-15H,2-3,6-7,10-13H2,1H3,(H,20,21,22). The lowest BCUT2D eigenvalue weighted by atomic mass is 10.1. The number of anilines is 2.